The topological polar surface area (TPSA) is 53.7 Å². The largest absolute Gasteiger partial charge is 0.486 e. The average molecular weight is 288 g/mol. The highest BCUT2D eigenvalue weighted by Gasteiger charge is 2.20. The summed E-state index contributed by atoms with van der Waals surface area (Å²) >= 11 is 3.50. The van der Waals surface area contributed by atoms with Gasteiger partial charge in [0.2, 0.25) is 0 Å². The maximum atomic E-state index is 5.65. The summed E-state index contributed by atoms with van der Waals surface area (Å²) in [6.07, 6.45) is 0.851. The fourth-order valence-corrected chi connectivity index (χ4v) is 2.43. The van der Waals surface area contributed by atoms with Crippen LogP contribution in [0.1, 0.15) is 18.1 Å². The Labute approximate surface area is 103 Å². The summed E-state index contributed by atoms with van der Waals surface area (Å²) in [5.74, 6) is 6.75. The van der Waals surface area contributed by atoms with E-state index in [4.69, 9.17) is 20.2 Å². The van der Waals surface area contributed by atoms with Crippen molar-refractivity contribution in [2.45, 2.75) is 20.0 Å². The van der Waals surface area contributed by atoms with Gasteiger partial charge in [0, 0.05) is 15.6 Å². The molecule has 1 aromatic rings. The molecule has 1 aliphatic heterocycles. The Bertz CT molecular complexity index is 395. The van der Waals surface area contributed by atoms with Gasteiger partial charge in [-0.15, -0.1) is 0 Å². The number of ether oxygens (including phenoxy) is 2. The van der Waals surface area contributed by atoms with Gasteiger partial charge in [-0.05, 0) is 12.5 Å². The zero-order valence-corrected chi connectivity index (χ0v) is 10.7. The van der Waals surface area contributed by atoms with Crippen LogP contribution in [0.2, 0.25) is 0 Å². The Morgan fingerprint density at radius 1 is 1.38 bits per heavy atom. The number of nitrogens with two attached hydrogens (primary N) is 1. The van der Waals surface area contributed by atoms with Crippen LogP contribution in [0.25, 0.3) is 0 Å². The lowest BCUT2D eigenvalue weighted by atomic mass is 10.0. The quantitative estimate of drug-likeness (QED) is 0.866. The molecule has 0 fully saturated rings. The number of hydrogen-bond acceptors (Lipinski definition) is 4. The second-order valence-electron chi connectivity index (χ2n) is 3.50. The van der Waals surface area contributed by atoms with E-state index in [2.05, 4.69) is 22.9 Å². The minimum atomic E-state index is 0.362. The number of halogens is 1. The van der Waals surface area contributed by atoms with Gasteiger partial charge < -0.3 is 9.47 Å². The molecule has 1 aromatic carbocycles. The van der Waals surface area contributed by atoms with Crippen molar-refractivity contribution in [3.8, 4) is 11.5 Å². The van der Waals surface area contributed by atoms with Gasteiger partial charge in [0.25, 0.3) is 0 Å². The van der Waals surface area contributed by atoms with Crippen molar-refractivity contribution in [3.63, 3.8) is 0 Å². The van der Waals surface area contributed by atoms with Crippen LogP contribution >= 0.6 is 15.9 Å². The van der Waals surface area contributed by atoms with Crippen molar-refractivity contribution >= 4 is 15.9 Å². The number of rotatable bonds is 3. The molecule has 88 valence electrons. The van der Waals surface area contributed by atoms with Crippen LogP contribution in [-0.4, -0.2) is 13.2 Å². The van der Waals surface area contributed by atoms with E-state index in [-0.39, 0.29) is 0 Å². The van der Waals surface area contributed by atoms with Crippen LogP contribution in [0, 0.1) is 0 Å². The van der Waals surface area contributed by atoms with Gasteiger partial charge >= 0.3 is 0 Å². The monoisotopic (exact) mass is 287 g/mol. The fraction of sp³-hybridized carbons (Fsp3) is 0.455. The first-order valence-corrected chi connectivity index (χ1v) is 5.98. The lowest BCUT2D eigenvalue weighted by molar-refractivity contribution is 0.121. The molecule has 2 N–H and O–H groups in total. The third-order valence-corrected chi connectivity index (χ3v) is 3.28. The Kier molecular flexibility index (Phi) is 3.68. The Morgan fingerprint density at radius 3 is 2.81 bits per heavy atom. The van der Waals surface area contributed by atoms with Gasteiger partial charge in [-0.2, -0.15) is 0 Å². The number of hydrogen-bond donors (Lipinski definition) is 1. The summed E-state index contributed by atoms with van der Waals surface area (Å²) in [6, 6.07) is 1.90. The first kappa shape index (κ1) is 11.7. The molecule has 0 unspecified atom stereocenters. The van der Waals surface area contributed by atoms with E-state index < -0.39 is 0 Å². The molecule has 16 heavy (non-hydrogen) atoms. The van der Waals surface area contributed by atoms with E-state index in [1.807, 2.05) is 6.07 Å². The summed E-state index contributed by atoms with van der Waals surface area (Å²) in [4.78, 5) is 4.72. The molecule has 4 nitrogen and oxygen atoms in total. The Morgan fingerprint density at radius 2 is 2.12 bits per heavy atom. The number of benzene rings is 1. The lowest BCUT2D eigenvalue weighted by Gasteiger charge is -2.23. The maximum Gasteiger partial charge on any atom is 0.164 e. The predicted molar refractivity (Wildman–Crippen MR) is 63.5 cm³/mol. The van der Waals surface area contributed by atoms with Crippen LogP contribution < -0.4 is 15.4 Å². The van der Waals surface area contributed by atoms with Crippen molar-refractivity contribution in [3.05, 3.63) is 21.7 Å². The zero-order valence-electron chi connectivity index (χ0n) is 9.09. The molecule has 1 aliphatic rings. The molecule has 0 spiro atoms. The highest BCUT2D eigenvalue weighted by atomic mass is 79.9. The maximum absolute atomic E-state index is 5.65. The molecule has 0 saturated heterocycles. The van der Waals surface area contributed by atoms with E-state index in [0.717, 1.165) is 33.5 Å². The molecular formula is C11H14BrNO3. The third-order valence-electron chi connectivity index (χ3n) is 2.58. The van der Waals surface area contributed by atoms with Crippen molar-refractivity contribution in [1.29, 1.82) is 0 Å². The average Bonchev–Trinajstić information content (AvgIpc) is 2.30. The summed E-state index contributed by atoms with van der Waals surface area (Å²) in [5, 5.41) is 0. The molecule has 1 heterocycles. The first-order valence-electron chi connectivity index (χ1n) is 5.19. The van der Waals surface area contributed by atoms with Crippen LogP contribution in [0.4, 0.5) is 0 Å². The predicted octanol–water partition coefficient (Wildman–Crippen LogP) is 2.17. The van der Waals surface area contributed by atoms with Crippen molar-refractivity contribution in [1.82, 2.24) is 0 Å². The van der Waals surface area contributed by atoms with Crippen LogP contribution in [0.3, 0.4) is 0 Å². The second-order valence-corrected chi connectivity index (χ2v) is 4.36. The molecule has 0 atom stereocenters. The normalized spacial score (nSPS) is 13.9. The summed E-state index contributed by atoms with van der Waals surface area (Å²) in [7, 11) is 0. The van der Waals surface area contributed by atoms with Crippen LogP contribution in [0.5, 0.6) is 11.5 Å². The van der Waals surface area contributed by atoms with Gasteiger partial charge in [0.05, 0.1) is 6.61 Å². The van der Waals surface area contributed by atoms with E-state index in [9.17, 15) is 0 Å². The van der Waals surface area contributed by atoms with Crippen molar-refractivity contribution < 1.29 is 14.3 Å². The molecule has 0 aromatic heterocycles. The standard InChI is InChI=1S/C11H14BrNO3/c1-2-7-8(6-16-13)9(12)5-10-11(7)15-4-3-14-10/h5H,2-4,6,13H2,1H3. The SMILES string of the molecule is CCc1c(CON)c(Br)cc2c1OCCO2. The smallest absolute Gasteiger partial charge is 0.164 e. The molecule has 0 bridgehead atoms. The summed E-state index contributed by atoms with van der Waals surface area (Å²) < 4.78 is 12.1. The molecule has 0 saturated carbocycles. The highest BCUT2D eigenvalue weighted by Crippen LogP contribution is 2.40. The molecule has 2 rings (SSSR count). The van der Waals surface area contributed by atoms with E-state index in [1.165, 1.54) is 0 Å². The van der Waals surface area contributed by atoms with E-state index >= 15 is 0 Å². The molecule has 5 heteroatoms. The van der Waals surface area contributed by atoms with Crippen molar-refractivity contribution in [2.24, 2.45) is 5.90 Å². The molecule has 0 radical (unpaired) electrons. The third kappa shape index (κ3) is 2.03. The molecule has 0 amide bonds. The molecular weight excluding hydrogens is 274 g/mol. The number of fused-ring (bicyclic) bond motifs is 1. The molecule has 0 aliphatic carbocycles. The second kappa shape index (κ2) is 5.03. The van der Waals surface area contributed by atoms with Gasteiger partial charge in [0.15, 0.2) is 11.5 Å². The van der Waals surface area contributed by atoms with E-state index in [1.54, 1.807) is 0 Å². The minimum Gasteiger partial charge on any atom is -0.486 e. The zero-order chi connectivity index (χ0) is 11.5. The van der Waals surface area contributed by atoms with Gasteiger partial charge in [-0.3, -0.25) is 4.84 Å². The van der Waals surface area contributed by atoms with Crippen LogP contribution in [0.15, 0.2) is 10.5 Å². The van der Waals surface area contributed by atoms with Crippen molar-refractivity contribution in [2.75, 3.05) is 13.2 Å². The Hall–Kier alpha value is -0.780. The summed E-state index contributed by atoms with van der Waals surface area (Å²) in [6.45, 7) is 3.61. The first-order chi connectivity index (χ1) is 7.77. The van der Waals surface area contributed by atoms with Gasteiger partial charge in [0.1, 0.15) is 13.2 Å². The van der Waals surface area contributed by atoms with Gasteiger partial charge in [-0.25, -0.2) is 5.90 Å². The summed E-state index contributed by atoms with van der Waals surface area (Å²) in [5.41, 5.74) is 2.11. The highest BCUT2D eigenvalue weighted by molar-refractivity contribution is 9.10. The minimum absolute atomic E-state index is 0.362. The van der Waals surface area contributed by atoms with E-state index in [0.29, 0.717) is 19.8 Å². The lowest BCUT2D eigenvalue weighted by Crippen LogP contribution is -2.18. The fourth-order valence-electron chi connectivity index (χ4n) is 1.87. The van der Waals surface area contributed by atoms with Gasteiger partial charge in [-0.1, -0.05) is 22.9 Å². The van der Waals surface area contributed by atoms with Crippen LogP contribution in [-0.2, 0) is 17.9 Å². The Balaban J connectivity index is 2.52.